The molecule has 168 valence electrons. The van der Waals surface area contributed by atoms with Gasteiger partial charge in [-0.15, -0.1) is 11.3 Å². The Labute approximate surface area is 189 Å². The van der Waals surface area contributed by atoms with Gasteiger partial charge in [0.2, 0.25) is 0 Å². The standard InChI is InChI=1S/C23H24FN3O4S/c1-15-12-20(25-22(28)19-4-3-11-31-19)32-21(15)23(29)27-9-7-26(8-10-27)14-16-5-6-18(30-2)17(24)13-16/h3-6,11-13H,7-10,14H2,1-2H3,(H,25,28). The van der Waals surface area contributed by atoms with Gasteiger partial charge in [-0.2, -0.15) is 0 Å². The Hall–Kier alpha value is -3.17. The van der Waals surface area contributed by atoms with Gasteiger partial charge in [-0.25, -0.2) is 4.39 Å². The second-order valence-corrected chi connectivity index (χ2v) is 8.64. The Balaban J connectivity index is 1.34. The number of methoxy groups -OCH3 is 1. The molecular formula is C23H24FN3O4S. The van der Waals surface area contributed by atoms with Crippen molar-refractivity contribution in [3.05, 3.63) is 70.2 Å². The number of benzene rings is 1. The maximum Gasteiger partial charge on any atom is 0.291 e. The number of carbonyl (C=O) groups excluding carboxylic acids is 2. The normalized spacial score (nSPS) is 14.4. The molecule has 1 N–H and O–H groups in total. The zero-order valence-corrected chi connectivity index (χ0v) is 18.7. The molecule has 32 heavy (non-hydrogen) atoms. The quantitative estimate of drug-likeness (QED) is 0.606. The van der Waals surface area contributed by atoms with Crippen molar-refractivity contribution in [1.29, 1.82) is 0 Å². The SMILES string of the molecule is COc1ccc(CN2CCN(C(=O)c3sc(NC(=O)c4ccco4)cc3C)CC2)cc1F. The lowest BCUT2D eigenvalue weighted by Gasteiger charge is -2.34. The molecule has 0 atom stereocenters. The molecule has 3 heterocycles. The van der Waals surface area contributed by atoms with Crippen LogP contribution in [0.3, 0.4) is 0 Å². The van der Waals surface area contributed by atoms with E-state index in [9.17, 15) is 14.0 Å². The van der Waals surface area contributed by atoms with E-state index in [1.807, 2.05) is 17.9 Å². The van der Waals surface area contributed by atoms with Gasteiger partial charge in [-0.1, -0.05) is 6.07 Å². The van der Waals surface area contributed by atoms with Crippen LogP contribution < -0.4 is 10.1 Å². The van der Waals surface area contributed by atoms with E-state index in [1.165, 1.54) is 30.8 Å². The van der Waals surface area contributed by atoms with E-state index in [0.29, 0.717) is 42.6 Å². The molecule has 1 aliphatic rings. The van der Waals surface area contributed by atoms with E-state index in [1.54, 1.807) is 24.3 Å². The Morgan fingerprint density at radius 3 is 2.62 bits per heavy atom. The first-order chi connectivity index (χ1) is 15.4. The molecule has 1 saturated heterocycles. The molecule has 7 nitrogen and oxygen atoms in total. The van der Waals surface area contributed by atoms with Crippen molar-refractivity contribution < 1.29 is 23.1 Å². The van der Waals surface area contributed by atoms with Gasteiger partial charge in [0.15, 0.2) is 17.3 Å². The lowest BCUT2D eigenvalue weighted by Crippen LogP contribution is -2.48. The number of amides is 2. The van der Waals surface area contributed by atoms with Gasteiger partial charge in [0, 0.05) is 32.7 Å². The molecule has 1 aliphatic heterocycles. The second-order valence-electron chi connectivity index (χ2n) is 7.59. The monoisotopic (exact) mass is 457 g/mol. The molecule has 1 aromatic carbocycles. The molecule has 0 bridgehead atoms. The zero-order chi connectivity index (χ0) is 22.7. The van der Waals surface area contributed by atoms with E-state index in [2.05, 4.69) is 10.2 Å². The molecular weight excluding hydrogens is 433 g/mol. The van der Waals surface area contributed by atoms with E-state index < -0.39 is 0 Å². The summed E-state index contributed by atoms with van der Waals surface area (Å²) in [6.45, 7) is 5.05. The van der Waals surface area contributed by atoms with Gasteiger partial charge < -0.3 is 19.4 Å². The Morgan fingerprint density at radius 1 is 1.19 bits per heavy atom. The summed E-state index contributed by atoms with van der Waals surface area (Å²) in [7, 11) is 1.44. The van der Waals surface area contributed by atoms with Crippen LogP contribution in [0.4, 0.5) is 9.39 Å². The number of aryl methyl sites for hydroxylation is 1. The van der Waals surface area contributed by atoms with E-state index in [0.717, 1.165) is 11.1 Å². The van der Waals surface area contributed by atoms with Crippen LogP contribution in [0.1, 0.15) is 31.4 Å². The average molecular weight is 458 g/mol. The highest BCUT2D eigenvalue weighted by atomic mass is 32.1. The fraction of sp³-hybridized carbons (Fsp3) is 0.304. The number of carbonyl (C=O) groups is 2. The van der Waals surface area contributed by atoms with Crippen LogP contribution in [0.5, 0.6) is 5.75 Å². The maximum atomic E-state index is 13.9. The number of nitrogens with one attached hydrogen (secondary N) is 1. The summed E-state index contributed by atoms with van der Waals surface area (Å²) in [5.41, 5.74) is 1.69. The molecule has 2 amide bonds. The fourth-order valence-electron chi connectivity index (χ4n) is 3.66. The smallest absolute Gasteiger partial charge is 0.291 e. The summed E-state index contributed by atoms with van der Waals surface area (Å²) in [4.78, 5) is 29.9. The van der Waals surface area contributed by atoms with Crippen LogP contribution in [-0.2, 0) is 6.54 Å². The van der Waals surface area contributed by atoms with Crippen molar-refractivity contribution >= 4 is 28.2 Å². The van der Waals surface area contributed by atoms with E-state index in [-0.39, 0.29) is 29.1 Å². The summed E-state index contributed by atoms with van der Waals surface area (Å²) in [5, 5.41) is 3.38. The summed E-state index contributed by atoms with van der Waals surface area (Å²) < 4.78 is 24.0. The Kier molecular flexibility index (Phi) is 6.57. The van der Waals surface area contributed by atoms with Crippen LogP contribution in [0.2, 0.25) is 0 Å². The van der Waals surface area contributed by atoms with Gasteiger partial charge >= 0.3 is 0 Å². The predicted octanol–water partition coefficient (Wildman–Crippen LogP) is 4.01. The number of rotatable bonds is 6. The highest BCUT2D eigenvalue weighted by molar-refractivity contribution is 7.18. The van der Waals surface area contributed by atoms with Crippen molar-refractivity contribution in [3.63, 3.8) is 0 Å². The fourth-order valence-corrected chi connectivity index (χ4v) is 4.69. The minimum absolute atomic E-state index is 0.0406. The van der Waals surface area contributed by atoms with Crippen molar-refractivity contribution in [2.24, 2.45) is 0 Å². The number of anilines is 1. The van der Waals surface area contributed by atoms with E-state index >= 15 is 0 Å². The van der Waals surface area contributed by atoms with Crippen LogP contribution in [0.15, 0.2) is 47.1 Å². The summed E-state index contributed by atoms with van der Waals surface area (Å²) in [6, 6.07) is 10.0. The van der Waals surface area contributed by atoms with Crippen LogP contribution >= 0.6 is 11.3 Å². The maximum absolute atomic E-state index is 13.9. The minimum Gasteiger partial charge on any atom is -0.494 e. The number of ether oxygens (including phenoxy) is 1. The molecule has 0 saturated carbocycles. The first-order valence-electron chi connectivity index (χ1n) is 10.2. The third-order valence-electron chi connectivity index (χ3n) is 5.38. The van der Waals surface area contributed by atoms with Crippen LogP contribution in [0, 0.1) is 12.7 Å². The Bertz CT molecular complexity index is 1100. The molecule has 3 aromatic rings. The summed E-state index contributed by atoms with van der Waals surface area (Å²) >= 11 is 1.26. The zero-order valence-electron chi connectivity index (χ0n) is 17.9. The average Bonchev–Trinajstić information content (AvgIpc) is 3.44. The molecule has 2 aromatic heterocycles. The molecule has 9 heteroatoms. The van der Waals surface area contributed by atoms with Gasteiger partial charge in [0.25, 0.3) is 11.8 Å². The van der Waals surface area contributed by atoms with Gasteiger partial charge in [0.1, 0.15) is 0 Å². The van der Waals surface area contributed by atoms with Crippen molar-refractivity contribution in [3.8, 4) is 5.75 Å². The lowest BCUT2D eigenvalue weighted by molar-refractivity contribution is 0.0632. The molecule has 0 unspecified atom stereocenters. The number of hydrogen-bond donors (Lipinski definition) is 1. The number of piperazine rings is 1. The predicted molar refractivity (Wildman–Crippen MR) is 120 cm³/mol. The molecule has 4 rings (SSSR count). The molecule has 0 spiro atoms. The number of nitrogens with zero attached hydrogens (tertiary/aromatic N) is 2. The first kappa shape index (κ1) is 22.0. The van der Waals surface area contributed by atoms with Gasteiger partial charge in [0.05, 0.1) is 23.3 Å². The van der Waals surface area contributed by atoms with Crippen molar-refractivity contribution in [1.82, 2.24) is 9.80 Å². The number of thiophene rings is 1. The molecule has 1 fully saturated rings. The van der Waals surface area contributed by atoms with Gasteiger partial charge in [-0.05, 0) is 48.4 Å². The number of furan rings is 1. The van der Waals surface area contributed by atoms with Crippen LogP contribution in [0.25, 0.3) is 0 Å². The topological polar surface area (TPSA) is 75.0 Å². The third kappa shape index (κ3) is 4.84. The Morgan fingerprint density at radius 2 is 1.97 bits per heavy atom. The highest BCUT2D eigenvalue weighted by Gasteiger charge is 2.25. The van der Waals surface area contributed by atoms with Crippen molar-refractivity contribution in [2.75, 3.05) is 38.6 Å². The summed E-state index contributed by atoms with van der Waals surface area (Å²) in [5.74, 6) is -0.311. The minimum atomic E-state index is -0.373. The molecule has 0 aliphatic carbocycles. The first-order valence-corrected chi connectivity index (χ1v) is 11.1. The van der Waals surface area contributed by atoms with E-state index in [4.69, 9.17) is 9.15 Å². The third-order valence-corrected chi connectivity index (χ3v) is 6.52. The summed E-state index contributed by atoms with van der Waals surface area (Å²) in [6.07, 6.45) is 1.44. The second kappa shape index (κ2) is 9.54. The van der Waals surface area contributed by atoms with Crippen molar-refractivity contribution in [2.45, 2.75) is 13.5 Å². The molecule has 0 radical (unpaired) electrons. The highest BCUT2D eigenvalue weighted by Crippen LogP contribution is 2.29. The lowest BCUT2D eigenvalue weighted by atomic mass is 10.1. The largest absolute Gasteiger partial charge is 0.494 e. The van der Waals surface area contributed by atoms with Crippen LogP contribution in [-0.4, -0.2) is 54.9 Å². The van der Waals surface area contributed by atoms with Gasteiger partial charge in [-0.3, -0.25) is 14.5 Å². The number of hydrogen-bond acceptors (Lipinski definition) is 6. The number of halogens is 1.